The molecule has 8 rings (SSSR count). The van der Waals surface area contributed by atoms with Crippen LogP contribution in [0.1, 0.15) is 11.1 Å². The molecule has 4 heterocycles. The molecule has 0 atom stereocenters. The maximum atomic E-state index is 13.3. The smallest absolute Gasteiger partial charge is 0.346 e. The van der Waals surface area contributed by atoms with E-state index < -0.39 is 11.3 Å². The predicted molar refractivity (Wildman–Crippen MR) is 175 cm³/mol. The fourth-order valence-electron chi connectivity index (χ4n) is 6.33. The first-order chi connectivity index (χ1) is 21.5. The van der Waals surface area contributed by atoms with Gasteiger partial charge in [-0.15, -0.1) is 0 Å². The van der Waals surface area contributed by atoms with E-state index in [0.29, 0.717) is 45.1 Å². The molecule has 0 unspecified atom stereocenters. The van der Waals surface area contributed by atoms with Gasteiger partial charge in [0, 0.05) is 10.8 Å². The molecule has 4 aromatic carbocycles. The molecular weight excluding hydrogens is 548 g/mol. The van der Waals surface area contributed by atoms with Gasteiger partial charge in [0.15, 0.2) is 0 Å². The van der Waals surface area contributed by atoms with E-state index in [-0.39, 0.29) is 0 Å². The summed E-state index contributed by atoms with van der Waals surface area (Å²) in [6.45, 7) is 3.86. The summed E-state index contributed by atoms with van der Waals surface area (Å²) in [6, 6.07) is 34.6. The zero-order chi connectivity index (χ0) is 29.9. The highest BCUT2D eigenvalue weighted by Gasteiger charge is 2.19. The number of benzene rings is 4. The van der Waals surface area contributed by atoms with E-state index in [1.165, 1.54) is 0 Å². The molecule has 6 heteroatoms. The minimum Gasteiger partial charge on any atom is -0.422 e. The summed E-state index contributed by atoms with van der Waals surface area (Å²) < 4.78 is 11.6. The molecule has 0 spiro atoms. The average Bonchev–Trinajstić information content (AvgIpc) is 3.04. The molecule has 0 fully saturated rings. The minimum atomic E-state index is -0.451. The molecular formula is C38H24N2O4. The third-order valence-electron chi connectivity index (χ3n) is 8.37. The molecule has 0 saturated heterocycles. The van der Waals surface area contributed by atoms with Gasteiger partial charge in [-0.05, 0) is 82.9 Å². The van der Waals surface area contributed by atoms with Gasteiger partial charge in [-0.2, -0.15) is 0 Å². The molecule has 0 bridgehead atoms. The van der Waals surface area contributed by atoms with Gasteiger partial charge in [0.2, 0.25) is 0 Å². The number of pyridine rings is 2. The van der Waals surface area contributed by atoms with Crippen LogP contribution >= 0.6 is 0 Å². The van der Waals surface area contributed by atoms with Crippen molar-refractivity contribution in [3.8, 4) is 33.9 Å². The maximum absolute atomic E-state index is 13.3. The van der Waals surface area contributed by atoms with Crippen LogP contribution in [0, 0.1) is 13.8 Å². The zero-order valence-electron chi connectivity index (χ0n) is 23.9. The summed E-state index contributed by atoms with van der Waals surface area (Å²) >= 11 is 0. The topological polar surface area (TPSA) is 86.2 Å². The molecule has 0 aliphatic carbocycles. The Morgan fingerprint density at radius 2 is 0.864 bits per heavy atom. The van der Waals surface area contributed by atoms with Crippen LogP contribution in [0.4, 0.5) is 0 Å². The van der Waals surface area contributed by atoms with Crippen LogP contribution < -0.4 is 11.3 Å². The summed E-state index contributed by atoms with van der Waals surface area (Å²) in [5, 5.41) is 5.91. The molecule has 210 valence electrons. The molecule has 0 aliphatic heterocycles. The quantitative estimate of drug-likeness (QED) is 0.156. The lowest BCUT2D eigenvalue weighted by molar-refractivity contribution is 0.562. The van der Waals surface area contributed by atoms with E-state index in [4.69, 9.17) is 18.8 Å². The van der Waals surface area contributed by atoms with E-state index in [1.54, 1.807) is 12.1 Å². The van der Waals surface area contributed by atoms with Crippen LogP contribution in [0.2, 0.25) is 0 Å². The van der Waals surface area contributed by atoms with Crippen molar-refractivity contribution < 1.29 is 8.83 Å². The van der Waals surface area contributed by atoms with E-state index in [2.05, 4.69) is 0 Å². The van der Waals surface area contributed by atoms with Crippen molar-refractivity contribution in [2.75, 3.05) is 0 Å². The first-order valence-corrected chi connectivity index (χ1v) is 14.3. The van der Waals surface area contributed by atoms with Gasteiger partial charge in [0.25, 0.3) is 0 Å². The summed E-state index contributed by atoms with van der Waals surface area (Å²) in [6.07, 6.45) is 0. The lowest BCUT2D eigenvalue weighted by Gasteiger charge is -2.12. The van der Waals surface area contributed by atoms with Crippen molar-refractivity contribution in [3.63, 3.8) is 0 Å². The number of nitrogens with zero attached hydrogens (tertiary/aromatic N) is 2. The lowest BCUT2D eigenvalue weighted by atomic mass is 9.97. The highest BCUT2D eigenvalue weighted by molar-refractivity contribution is 6.09. The molecule has 0 N–H and O–H groups in total. The number of hydrogen-bond donors (Lipinski definition) is 0. The molecule has 6 nitrogen and oxygen atoms in total. The number of aromatic nitrogens is 2. The Hall–Kier alpha value is -5.88. The van der Waals surface area contributed by atoms with Crippen molar-refractivity contribution in [2.24, 2.45) is 0 Å². The SMILES string of the molecule is Cc1c(-c2cccc(-c3cccc(-c4c(C)c5c(ccc6ccccc65)oc4=O)n3)n2)c(=O)oc2ccc3ccccc3c12. The first kappa shape index (κ1) is 25.8. The van der Waals surface area contributed by atoms with Crippen molar-refractivity contribution in [3.05, 3.63) is 141 Å². The van der Waals surface area contributed by atoms with Gasteiger partial charge in [-0.25, -0.2) is 19.6 Å². The van der Waals surface area contributed by atoms with E-state index in [1.807, 2.05) is 111 Å². The fraction of sp³-hybridized carbons (Fsp3) is 0.0526. The van der Waals surface area contributed by atoms with Crippen LogP contribution in [-0.4, -0.2) is 9.97 Å². The molecule has 0 saturated carbocycles. The summed E-state index contributed by atoms with van der Waals surface area (Å²) in [5.41, 5.74) is 4.70. The molecule has 0 aliphatic rings. The van der Waals surface area contributed by atoms with Gasteiger partial charge >= 0.3 is 11.3 Å². The monoisotopic (exact) mass is 572 g/mol. The number of fused-ring (bicyclic) bond motifs is 6. The van der Waals surface area contributed by atoms with Crippen molar-refractivity contribution in [1.82, 2.24) is 9.97 Å². The second-order valence-electron chi connectivity index (χ2n) is 10.9. The highest BCUT2D eigenvalue weighted by atomic mass is 16.4. The second-order valence-corrected chi connectivity index (χ2v) is 10.9. The highest BCUT2D eigenvalue weighted by Crippen LogP contribution is 2.34. The predicted octanol–water partition coefficient (Wildman–Crippen LogP) is 8.61. The number of hydrogen-bond acceptors (Lipinski definition) is 6. The van der Waals surface area contributed by atoms with E-state index in [0.717, 1.165) is 43.4 Å². The molecule has 0 amide bonds. The second kappa shape index (κ2) is 9.85. The van der Waals surface area contributed by atoms with Gasteiger partial charge in [0.1, 0.15) is 11.2 Å². The molecule has 8 aromatic rings. The molecule has 4 aromatic heterocycles. The summed E-state index contributed by atoms with van der Waals surface area (Å²) in [7, 11) is 0. The van der Waals surface area contributed by atoms with Crippen molar-refractivity contribution >= 4 is 43.5 Å². The Labute approximate surface area is 250 Å². The minimum absolute atomic E-state index is 0.407. The average molecular weight is 573 g/mol. The Morgan fingerprint density at radius 1 is 0.455 bits per heavy atom. The van der Waals surface area contributed by atoms with Crippen LogP contribution in [0.3, 0.4) is 0 Å². The van der Waals surface area contributed by atoms with Crippen LogP contribution in [0.25, 0.3) is 77.4 Å². The summed E-state index contributed by atoms with van der Waals surface area (Å²) in [4.78, 5) is 36.3. The fourth-order valence-corrected chi connectivity index (χ4v) is 6.33. The van der Waals surface area contributed by atoms with Gasteiger partial charge in [0.05, 0.1) is 33.9 Å². The standard InChI is InChI=1S/C38H24N2O4/c1-21-33-25-11-5-3-9-23(25)17-19-31(33)43-37(41)35(21)29-15-7-13-27(39-29)28-14-8-16-30(40-28)36-22(2)34-26-12-6-4-10-24(26)18-20-32(34)44-38(36)42/h3-20H,1-2H3. The van der Waals surface area contributed by atoms with Gasteiger partial charge < -0.3 is 8.83 Å². The Balaban J connectivity index is 1.28. The summed E-state index contributed by atoms with van der Waals surface area (Å²) in [5.74, 6) is 0. The number of aryl methyl sites for hydroxylation is 2. The molecule has 44 heavy (non-hydrogen) atoms. The Bertz CT molecular complexity index is 2400. The third-order valence-corrected chi connectivity index (χ3v) is 8.37. The largest absolute Gasteiger partial charge is 0.422 e. The van der Waals surface area contributed by atoms with E-state index >= 15 is 0 Å². The van der Waals surface area contributed by atoms with Crippen LogP contribution in [0.5, 0.6) is 0 Å². The van der Waals surface area contributed by atoms with Crippen LogP contribution in [-0.2, 0) is 0 Å². The number of rotatable bonds is 3. The Morgan fingerprint density at radius 3 is 1.32 bits per heavy atom. The van der Waals surface area contributed by atoms with Crippen molar-refractivity contribution in [2.45, 2.75) is 13.8 Å². The lowest BCUT2D eigenvalue weighted by Crippen LogP contribution is -2.08. The van der Waals surface area contributed by atoms with Gasteiger partial charge in [-0.3, -0.25) is 0 Å². The van der Waals surface area contributed by atoms with Gasteiger partial charge in [-0.1, -0.05) is 72.8 Å². The maximum Gasteiger partial charge on any atom is 0.346 e. The van der Waals surface area contributed by atoms with Crippen molar-refractivity contribution in [1.29, 1.82) is 0 Å². The van der Waals surface area contributed by atoms with E-state index in [9.17, 15) is 9.59 Å². The Kier molecular flexibility index (Phi) is 5.78. The zero-order valence-corrected chi connectivity index (χ0v) is 23.9. The van der Waals surface area contributed by atoms with Crippen LogP contribution in [0.15, 0.2) is 128 Å². The molecule has 0 radical (unpaired) electrons. The third kappa shape index (κ3) is 3.96. The first-order valence-electron chi connectivity index (χ1n) is 14.3. The normalized spacial score (nSPS) is 11.6.